The number of rotatable bonds is 3. The number of carbonyl (C=O) groups excluding carboxylic acids is 1. The Morgan fingerprint density at radius 2 is 1.92 bits per heavy atom. The van der Waals surface area contributed by atoms with Crippen LogP contribution < -0.4 is 9.64 Å². The van der Waals surface area contributed by atoms with Crippen LogP contribution in [0.3, 0.4) is 0 Å². The van der Waals surface area contributed by atoms with Crippen LogP contribution in [0.15, 0.2) is 42.6 Å². The van der Waals surface area contributed by atoms with Gasteiger partial charge >= 0.3 is 0 Å². The van der Waals surface area contributed by atoms with E-state index >= 15 is 0 Å². The smallest absolute Gasteiger partial charge is 0.257 e. The van der Waals surface area contributed by atoms with Gasteiger partial charge in [-0.05, 0) is 24.3 Å². The average molecular weight is 322 g/mol. The molecule has 1 amide bonds. The molecule has 122 valence electrons. The molecule has 0 bridgehead atoms. The summed E-state index contributed by atoms with van der Waals surface area (Å²) in [6.45, 7) is 2.66. The van der Waals surface area contributed by atoms with E-state index in [0.717, 1.165) is 5.82 Å². The van der Waals surface area contributed by atoms with E-state index in [2.05, 4.69) is 16.0 Å². The molecule has 1 aromatic carbocycles. The molecule has 6 heteroatoms. The molecule has 1 aliphatic rings. The maximum absolute atomic E-state index is 12.7. The molecule has 6 nitrogen and oxygen atoms in total. The van der Waals surface area contributed by atoms with E-state index in [0.29, 0.717) is 43.1 Å². The topological polar surface area (TPSA) is 69.5 Å². The van der Waals surface area contributed by atoms with Gasteiger partial charge in [0.05, 0.1) is 18.2 Å². The first-order chi connectivity index (χ1) is 11.7. The second kappa shape index (κ2) is 7.01. The van der Waals surface area contributed by atoms with Crippen molar-refractivity contribution in [1.29, 1.82) is 5.26 Å². The maximum Gasteiger partial charge on any atom is 0.257 e. The van der Waals surface area contributed by atoms with E-state index in [9.17, 15) is 4.79 Å². The fourth-order valence-corrected chi connectivity index (χ4v) is 2.77. The Morgan fingerprint density at radius 1 is 1.17 bits per heavy atom. The van der Waals surface area contributed by atoms with Crippen LogP contribution in [0.5, 0.6) is 5.75 Å². The van der Waals surface area contributed by atoms with Gasteiger partial charge in [0.1, 0.15) is 17.6 Å². The molecule has 1 aliphatic heterocycles. The molecule has 1 saturated heterocycles. The van der Waals surface area contributed by atoms with E-state index in [1.54, 1.807) is 31.5 Å². The Bertz CT molecular complexity index is 759. The minimum atomic E-state index is -0.0140. The van der Waals surface area contributed by atoms with Crippen LogP contribution in [-0.4, -0.2) is 49.1 Å². The van der Waals surface area contributed by atoms with Crippen molar-refractivity contribution >= 4 is 11.7 Å². The highest BCUT2D eigenvalue weighted by molar-refractivity contribution is 5.97. The quantitative estimate of drug-likeness (QED) is 0.863. The number of hydrogen-bond acceptors (Lipinski definition) is 5. The molecule has 0 radical (unpaired) electrons. The van der Waals surface area contributed by atoms with Gasteiger partial charge in [-0.2, -0.15) is 5.26 Å². The fraction of sp³-hybridized carbons (Fsp3) is 0.278. The van der Waals surface area contributed by atoms with Gasteiger partial charge in [-0.25, -0.2) is 4.98 Å². The van der Waals surface area contributed by atoms with Crippen LogP contribution in [0.1, 0.15) is 15.9 Å². The molecule has 24 heavy (non-hydrogen) atoms. The second-order valence-corrected chi connectivity index (χ2v) is 5.50. The van der Waals surface area contributed by atoms with Gasteiger partial charge in [-0.15, -0.1) is 0 Å². The lowest BCUT2D eigenvalue weighted by atomic mass is 10.1. The molecular weight excluding hydrogens is 304 g/mol. The molecule has 0 N–H and O–H groups in total. The number of nitriles is 1. The summed E-state index contributed by atoms with van der Waals surface area (Å²) in [5, 5.41) is 8.83. The predicted octanol–water partition coefficient (Wildman–Crippen LogP) is 1.92. The van der Waals surface area contributed by atoms with Crippen LogP contribution in [0.4, 0.5) is 5.82 Å². The summed E-state index contributed by atoms with van der Waals surface area (Å²) < 4.78 is 5.28. The molecule has 2 aromatic rings. The number of anilines is 1. The number of methoxy groups -OCH3 is 1. The predicted molar refractivity (Wildman–Crippen MR) is 90.1 cm³/mol. The highest BCUT2D eigenvalue weighted by Crippen LogP contribution is 2.21. The number of nitrogens with zero attached hydrogens (tertiary/aromatic N) is 4. The lowest BCUT2D eigenvalue weighted by Crippen LogP contribution is -2.49. The van der Waals surface area contributed by atoms with Crippen LogP contribution in [0, 0.1) is 11.3 Å². The lowest BCUT2D eigenvalue weighted by Gasteiger charge is -2.35. The first kappa shape index (κ1) is 15.8. The number of piperazine rings is 1. The average Bonchev–Trinajstić information content (AvgIpc) is 2.67. The summed E-state index contributed by atoms with van der Waals surface area (Å²) >= 11 is 0. The minimum absolute atomic E-state index is 0.0140. The van der Waals surface area contributed by atoms with E-state index in [1.165, 1.54) is 0 Å². The SMILES string of the molecule is COc1ccccc1C(=O)N1CCN(c2ccc(C#N)cn2)CC1. The van der Waals surface area contributed by atoms with Crippen LogP contribution in [-0.2, 0) is 0 Å². The maximum atomic E-state index is 12.7. The lowest BCUT2D eigenvalue weighted by molar-refractivity contribution is 0.0743. The Labute approximate surface area is 140 Å². The summed E-state index contributed by atoms with van der Waals surface area (Å²) in [6.07, 6.45) is 1.57. The van der Waals surface area contributed by atoms with Crippen molar-refractivity contribution in [3.05, 3.63) is 53.7 Å². The Balaban J connectivity index is 1.66. The van der Waals surface area contributed by atoms with Crippen molar-refractivity contribution in [2.45, 2.75) is 0 Å². The van der Waals surface area contributed by atoms with Gasteiger partial charge < -0.3 is 14.5 Å². The number of pyridine rings is 1. The molecule has 0 unspecified atom stereocenters. The van der Waals surface area contributed by atoms with Crippen molar-refractivity contribution < 1.29 is 9.53 Å². The fourth-order valence-electron chi connectivity index (χ4n) is 2.77. The third-order valence-electron chi connectivity index (χ3n) is 4.11. The monoisotopic (exact) mass is 322 g/mol. The normalized spacial score (nSPS) is 14.2. The van der Waals surface area contributed by atoms with Gasteiger partial charge in [0, 0.05) is 32.4 Å². The van der Waals surface area contributed by atoms with Crippen LogP contribution in [0.25, 0.3) is 0 Å². The van der Waals surface area contributed by atoms with E-state index in [4.69, 9.17) is 10.00 Å². The summed E-state index contributed by atoms with van der Waals surface area (Å²) in [5.41, 5.74) is 1.13. The van der Waals surface area contributed by atoms with Crippen molar-refractivity contribution in [3.63, 3.8) is 0 Å². The molecule has 0 atom stereocenters. The van der Waals surface area contributed by atoms with Crippen molar-refractivity contribution in [3.8, 4) is 11.8 Å². The van der Waals surface area contributed by atoms with Crippen molar-refractivity contribution in [2.75, 3.05) is 38.2 Å². The Hall–Kier alpha value is -3.07. The van der Waals surface area contributed by atoms with Crippen LogP contribution in [0.2, 0.25) is 0 Å². The number of hydrogen-bond donors (Lipinski definition) is 0. The summed E-state index contributed by atoms with van der Waals surface area (Å²) in [5.74, 6) is 1.41. The first-order valence-electron chi connectivity index (χ1n) is 7.76. The number of benzene rings is 1. The number of para-hydroxylation sites is 1. The second-order valence-electron chi connectivity index (χ2n) is 5.50. The van der Waals surface area contributed by atoms with Gasteiger partial charge in [0.2, 0.25) is 0 Å². The molecule has 0 spiro atoms. The highest BCUT2D eigenvalue weighted by Gasteiger charge is 2.24. The summed E-state index contributed by atoms with van der Waals surface area (Å²) in [7, 11) is 1.57. The molecule has 0 aliphatic carbocycles. The van der Waals surface area contributed by atoms with E-state index in [-0.39, 0.29) is 5.91 Å². The zero-order chi connectivity index (χ0) is 16.9. The van der Waals surface area contributed by atoms with Gasteiger partial charge in [0.25, 0.3) is 5.91 Å². The standard InChI is InChI=1S/C18H18N4O2/c1-24-16-5-3-2-4-15(16)18(23)22-10-8-21(9-11-22)17-7-6-14(12-19)13-20-17/h2-7,13H,8-11H2,1H3. The third kappa shape index (κ3) is 3.15. The number of ether oxygens (including phenoxy) is 1. The van der Waals surface area contributed by atoms with Crippen LogP contribution >= 0.6 is 0 Å². The molecule has 1 fully saturated rings. The van der Waals surface area contributed by atoms with Gasteiger partial charge in [-0.3, -0.25) is 4.79 Å². The zero-order valence-electron chi connectivity index (χ0n) is 13.5. The number of amides is 1. The van der Waals surface area contributed by atoms with Gasteiger partial charge in [-0.1, -0.05) is 12.1 Å². The zero-order valence-corrected chi connectivity index (χ0v) is 13.5. The molecular formula is C18H18N4O2. The highest BCUT2D eigenvalue weighted by atomic mass is 16.5. The van der Waals surface area contributed by atoms with E-state index in [1.807, 2.05) is 23.1 Å². The molecule has 0 saturated carbocycles. The largest absolute Gasteiger partial charge is 0.496 e. The molecule has 3 rings (SSSR count). The first-order valence-corrected chi connectivity index (χ1v) is 7.76. The van der Waals surface area contributed by atoms with Crippen molar-refractivity contribution in [2.24, 2.45) is 0 Å². The Kier molecular flexibility index (Phi) is 4.62. The molecule has 2 heterocycles. The summed E-state index contributed by atoms with van der Waals surface area (Å²) in [6, 6.07) is 12.9. The molecule has 1 aromatic heterocycles. The number of aromatic nitrogens is 1. The van der Waals surface area contributed by atoms with Crippen molar-refractivity contribution in [1.82, 2.24) is 9.88 Å². The summed E-state index contributed by atoms with van der Waals surface area (Å²) in [4.78, 5) is 20.9. The minimum Gasteiger partial charge on any atom is -0.496 e. The van der Waals surface area contributed by atoms with E-state index < -0.39 is 0 Å². The Morgan fingerprint density at radius 3 is 2.54 bits per heavy atom. The third-order valence-corrected chi connectivity index (χ3v) is 4.11. The van der Waals surface area contributed by atoms with Gasteiger partial charge in [0.15, 0.2) is 0 Å². The number of carbonyl (C=O) groups is 1.